The molecule has 0 bridgehead atoms. The highest BCUT2D eigenvalue weighted by Gasteiger charge is 2.16. The maximum atomic E-state index is 11.8. The molecule has 1 aromatic rings. The van der Waals surface area contributed by atoms with Gasteiger partial charge in [-0.2, -0.15) is 0 Å². The van der Waals surface area contributed by atoms with Gasteiger partial charge in [0.2, 0.25) is 5.91 Å². The Morgan fingerprint density at radius 1 is 1.45 bits per heavy atom. The summed E-state index contributed by atoms with van der Waals surface area (Å²) in [5.74, 6) is -1.21. The summed E-state index contributed by atoms with van der Waals surface area (Å²) in [5.41, 5.74) is 6.52. The summed E-state index contributed by atoms with van der Waals surface area (Å²) in [6.07, 6.45) is 0.845. The van der Waals surface area contributed by atoms with E-state index in [2.05, 4.69) is 5.32 Å². The Hall–Kier alpha value is -2.24. The van der Waals surface area contributed by atoms with E-state index in [0.29, 0.717) is 11.4 Å². The van der Waals surface area contributed by atoms with Gasteiger partial charge in [-0.15, -0.1) is 0 Å². The number of likely N-dealkylation sites (N-methyl/N-ethyl adjacent to an activating group) is 1. The SMILES string of the molecule is CCC(C)NC(=O)CN(C)c1ccc(N)cc1C(=O)O. The normalized spacial score (nSPS) is 11.8. The fraction of sp³-hybridized carbons (Fsp3) is 0.429. The van der Waals surface area contributed by atoms with Crippen molar-refractivity contribution in [3.05, 3.63) is 23.8 Å². The summed E-state index contributed by atoms with van der Waals surface area (Å²) in [6.45, 7) is 4.00. The lowest BCUT2D eigenvalue weighted by Gasteiger charge is -2.22. The van der Waals surface area contributed by atoms with Gasteiger partial charge in [0.05, 0.1) is 17.8 Å². The fourth-order valence-electron chi connectivity index (χ4n) is 1.78. The Kier molecular flexibility index (Phi) is 5.37. The molecule has 1 unspecified atom stereocenters. The average Bonchev–Trinajstić information content (AvgIpc) is 2.37. The van der Waals surface area contributed by atoms with Crippen LogP contribution in [0.4, 0.5) is 11.4 Å². The Labute approximate surface area is 118 Å². The molecular weight excluding hydrogens is 258 g/mol. The number of nitrogen functional groups attached to an aromatic ring is 1. The molecule has 1 rings (SSSR count). The zero-order chi connectivity index (χ0) is 15.3. The van der Waals surface area contributed by atoms with Crippen molar-refractivity contribution in [2.45, 2.75) is 26.3 Å². The van der Waals surface area contributed by atoms with Crippen LogP contribution in [-0.2, 0) is 4.79 Å². The minimum atomic E-state index is -1.07. The van der Waals surface area contributed by atoms with E-state index in [1.54, 1.807) is 24.1 Å². The lowest BCUT2D eigenvalue weighted by molar-refractivity contribution is -0.120. The molecular formula is C14H21N3O3. The first-order valence-corrected chi connectivity index (χ1v) is 6.48. The lowest BCUT2D eigenvalue weighted by Crippen LogP contribution is -2.39. The van der Waals surface area contributed by atoms with Crippen LogP contribution in [0.5, 0.6) is 0 Å². The number of carboxylic acids is 1. The molecule has 0 aliphatic rings. The van der Waals surface area contributed by atoms with Crippen LogP contribution in [0.25, 0.3) is 0 Å². The van der Waals surface area contributed by atoms with Gasteiger partial charge in [0, 0.05) is 18.8 Å². The molecule has 1 amide bonds. The van der Waals surface area contributed by atoms with Crippen molar-refractivity contribution in [3.8, 4) is 0 Å². The molecule has 1 atom stereocenters. The zero-order valence-electron chi connectivity index (χ0n) is 12.0. The van der Waals surface area contributed by atoms with Gasteiger partial charge in [-0.25, -0.2) is 4.79 Å². The highest BCUT2D eigenvalue weighted by atomic mass is 16.4. The number of nitrogens with zero attached hydrogens (tertiary/aromatic N) is 1. The highest BCUT2D eigenvalue weighted by molar-refractivity contribution is 5.96. The highest BCUT2D eigenvalue weighted by Crippen LogP contribution is 2.22. The molecule has 0 spiro atoms. The Bertz CT molecular complexity index is 502. The second-order valence-corrected chi connectivity index (χ2v) is 4.81. The molecule has 6 nitrogen and oxygen atoms in total. The molecule has 0 fully saturated rings. The summed E-state index contributed by atoms with van der Waals surface area (Å²) in [6, 6.07) is 4.71. The molecule has 0 saturated heterocycles. The number of benzene rings is 1. The van der Waals surface area contributed by atoms with Gasteiger partial charge in [0.25, 0.3) is 0 Å². The molecule has 0 aromatic heterocycles. The number of hydrogen-bond acceptors (Lipinski definition) is 4. The van der Waals surface area contributed by atoms with Gasteiger partial charge in [-0.1, -0.05) is 6.92 Å². The second-order valence-electron chi connectivity index (χ2n) is 4.81. The number of hydrogen-bond donors (Lipinski definition) is 3. The molecule has 20 heavy (non-hydrogen) atoms. The van der Waals surface area contributed by atoms with Gasteiger partial charge in [-0.3, -0.25) is 4.79 Å². The Balaban J connectivity index is 2.84. The quantitative estimate of drug-likeness (QED) is 0.682. The minimum absolute atomic E-state index is 0.0869. The first kappa shape index (κ1) is 15.8. The minimum Gasteiger partial charge on any atom is -0.478 e. The average molecular weight is 279 g/mol. The number of rotatable bonds is 6. The van der Waals surface area contributed by atoms with Gasteiger partial charge >= 0.3 is 5.97 Å². The third-order valence-electron chi connectivity index (χ3n) is 3.06. The van der Waals surface area contributed by atoms with E-state index in [0.717, 1.165) is 6.42 Å². The van der Waals surface area contributed by atoms with Crippen LogP contribution >= 0.6 is 0 Å². The van der Waals surface area contributed by atoms with Crippen LogP contribution < -0.4 is 16.0 Å². The van der Waals surface area contributed by atoms with Crippen LogP contribution in [0.15, 0.2) is 18.2 Å². The van der Waals surface area contributed by atoms with Crippen molar-refractivity contribution in [3.63, 3.8) is 0 Å². The zero-order valence-corrected chi connectivity index (χ0v) is 12.0. The van der Waals surface area contributed by atoms with Crippen molar-refractivity contribution in [1.82, 2.24) is 5.32 Å². The number of nitrogens with two attached hydrogens (primary N) is 1. The number of carbonyl (C=O) groups is 2. The number of aromatic carboxylic acids is 1. The summed E-state index contributed by atoms with van der Waals surface area (Å²) in [5, 5.41) is 12.0. The van der Waals surface area contributed by atoms with Gasteiger partial charge in [0.15, 0.2) is 0 Å². The Morgan fingerprint density at radius 2 is 2.10 bits per heavy atom. The molecule has 4 N–H and O–H groups in total. The number of amides is 1. The first-order valence-electron chi connectivity index (χ1n) is 6.48. The third-order valence-corrected chi connectivity index (χ3v) is 3.06. The maximum absolute atomic E-state index is 11.8. The monoisotopic (exact) mass is 279 g/mol. The maximum Gasteiger partial charge on any atom is 0.337 e. The van der Waals surface area contributed by atoms with Gasteiger partial charge in [0.1, 0.15) is 0 Å². The van der Waals surface area contributed by atoms with E-state index in [1.807, 2.05) is 13.8 Å². The van der Waals surface area contributed by atoms with Crippen LogP contribution in [0.2, 0.25) is 0 Å². The van der Waals surface area contributed by atoms with E-state index in [1.165, 1.54) is 6.07 Å². The third kappa shape index (κ3) is 4.15. The van der Waals surface area contributed by atoms with Crippen molar-refractivity contribution >= 4 is 23.3 Å². The second kappa shape index (κ2) is 6.79. The molecule has 0 aliphatic heterocycles. The first-order chi connectivity index (χ1) is 9.35. The smallest absolute Gasteiger partial charge is 0.337 e. The van der Waals surface area contributed by atoms with Crippen LogP contribution in [-0.4, -0.2) is 36.6 Å². The lowest BCUT2D eigenvalue weighted by atomic mass is 10.1. The number of nitrogens with one attached hydrogen (secondary N) is 1. The van der Waals surface area contributed by atoms with Crippen molar-refractivity contribution < 1.29 is 14.7 Å². The number of anilines is 2. The van der Waals surface area contributed by atoms with E-state index in [-0.39, 0.29) is 24.1 Å². The predicted octanol–water partition coefficient (Wildman–Crippen LogP) is 1.32. The summed E-state index contributed by atoms with van der Waals surface area (Å²) in [4.78, 5) is 24.6. The van der Waals surface area contributed by atoms with Crippen molar-refractivity contribution in [2.24, 2.45) is 0 Å². The summed E-state index contributed by atoms with van der Waals surface area (Å²) in [7, 11) is 1.67. The van der Waals surface area contributed by atoms with Crippen molar-refractivity contribution in [1.29, 1.82) is 0 Å². The molecule has 0 radical (unpaired) electrons. The number of carbonyl (C=O) groups excluding carboxylic acids is 1. The molecule has 6 heteroatoms. The van der Waals surface area contributed by atoms with Gasteiger partial charge < -0.3 is 21.1 Å². The fourth-order valence-corrected chi connectivity index (χ4v) is 1.78. The topological polar surface area (TPSA) is 95.7 Å². The molecule has 0 heterocycles. The number of carboxylic acid groups (broad SMARTS) is 1. The van der Waals surface area contributed by atoms with Crippen molar-refractivity contribution in [2.75, 3.05) is 24.2 Å². The van der Waals surface area contributed by atoms with E-state index in [9.17, 15) is 14.7 Å². The van der Waals surface area contributed by atoms with E-state index < -0.39 is 5.97 Å². The van der Waals surface area contributed by atoms with Crippen LogP contribution in [0.1, 0.15) is 30.6 Å². The summed E-state index contributed by atoms with van der Waals surface area (Å²) < 4.78 is 0. The largest absolute Gasteiger partial charge is 0.478 e. The predicted molar refractivity (Wildman–Crippen MR) is 79.0 cm³/mol. The standard InChI is InChI=1S/C14H21N3O3/c1-4-9(2)16-13(18)8-17(3)12-6-5-10(15)7-11(12)14(19)20/h5-7,9H,4,8,15H2,1-3H3,(H,16,18)(H,19,20). The van der Waals surface area contributed by atoms with Crippen LogP contribution in [0.3, 0.4) is 0 Å². The van der Waals surface area contributed by atoms with E-state index in [4.69, 9.17) is 5.73 Å². The molecule has 1 aromatic carbocycles. The molecule has 0 saturated carbocycles. The summed E-state index contributed by atoms with van der Waals surface area (Å²) >= 11 is 0. The Morgan fingerprint density at radius 3 is 2.65 bits per heavy atom. The molecule has 110 valence electrons. The van der Waals surface area contributed by atoms with E-state index >= 15 is 0 Å². The van der Waals surface area contributed by atoms with Crippen LogP contribution in [0, 0.1) is 0 Å². The molecule has 0 aliphatic carbocycles. The van der Waals surface area contributed by atoms with Gasteiger partial charge in [-0.05, 0) is 31.5 Å².